The topological polar surface area (TPSA) is 37.2 Å². The summed E-state index contributed by atoms with van der Waals surface area (Å²) in [5.74, 6) is 2.43. The largest absolute Gasteiger partial charge is 1.00 e. The molecule has 0 saturated heterocycles. The first-order valence-corrected chi connectivity index (χ1v) is 10.0. The molecule has 0 aliphatic carbocycles. The van der Waals surface area contributed by atoms with Gasteiger partial charge in [0.1, 0.15) is 0 Å². The van der Waals surface area contributed by atoms with E-state index in [1.807, 2.05) is 0 Å². The maximum atomic E-state index is 7.50. The van der Waals surface area contributed by atoms with Crippen molar-refractivity contribution in [1.29, 1.82) is 0 Å². The number of allylic oxidation sites excluding steroid dienone is 3. The summed E-state index contributed by atoms with van der Waals surface area (Å²) in [6, 6.07) is 0. The molecule has 1 aliphatic heterocycles. The van der Waals surface area contributed by atoms with Crippen LogP contribution in [-0.4, -0.2) is 34.8 Å². The first-order chi connectivity index (χ1) is 11.1. The number of hydrogen-bond acceptors (Lipinski definition) is 1. The zero-order valence-electron chi connectivity index (χ0n) is 17.0. The molecule has 0 atom stereocenters. The summed E-state index contributed by atoms with van der Waals surface area (Å²) in [6.07, 6.45) is 6.45. The molecule has 1 radical (unpaired) electrons. The van der Waals surface area contributed by atoms with E-state index in [1.54, 1.807) is 0 Å². The number of nitrogens with zero attached hydrogens (tertiary/aromatic N) is 2. The van der Waals surface area contributed by atoms with E-state index >= 15 is 0 Å². The average molecular weight is 451 g/mol. The molecule has 0 aromatic carbocycles. The SMILES string of the molecule is CCN(CC)CC1=CC=C/C(=C\P(C(C)(C)C)C(C)(C)C)[N-]1.[C-]#[O+].[Ru+]. The smallest absolute Gasteiger partial charge is 1.00 e. The van der Waals surface area contributed by atoms with E-state index in [4.69, 9.17) is 9.97 Å². The van der Waals surface area contributed by atoms with Gasteiger partial charge in [0.05, 0.1) is 0 Å². The van der Waals surface area contributed by atoms with Gasteiger partial charge >= 0.3 is 30.8 Å². The second kappa shape index (κ2) is 12.2. The normalized spacial score (nSPS) is 16.0. The maximum Gasteiger partial charge on any atom is 1.00 e. The van der Waals surface area contributed by atoms with Crippen LogP contribution in [0.4, 0.5) is 0 Å². The van der Waals surface area contributed by atoms with Gasteiger partial charge in [0.2, 0.25) is 0 Å². The Balaban J connectivity index is 0. The van der Waals surface area contributed by atoms with Gasteiger partial charge in [-0.1, -0.05) is 87.4 Å². The Kier molecular flexibility index (Phi) is 13.2. The van der Waals surface area contributed by atoms with Crippen molar-refractivity contribution in [2.24, 2.45) is 0 Å². The molecule has 143 valence electrons. The van der Waals surface area contributed by atoms with Gasteiger partial charge in [0.25, 0.3) is 0 Å². The van der Waals surface area contributed by atoms with E-state index in [-0.39, 0.29) is 27.4 Å². The Bertz CT molecular complexity index is 478. The second-order valence-corrected chi connectivity index (χ2v) is 11.5. The summed E-state index contributed by atoms with van der Waals surface area (Å²) in [5, 5.41) is 5.49. The number of likely N-dealkylation sites (N-methyl/N-ethyl adjacent to an activating group) is 1. The molecule has 0 aromatic rings. The summed E-state index contributed by atoms with van der Waals surface area (Å²) >= 11 is 0. The molecular weight excluding hydrogens is 416 g/mol. The van der Waals surface area contributed by atoms with Gasteiger partial charge in [-0.15, -0.1) is 11.4 Å². The third-order valence-electron chi connectivity index (χ3n) is 3.82. The van der Waals surface area contributed by atoms with E-state index in [1.165, 1.54) is 5.70 Å². The molecule has 25 heavy (non-hydrogen) atoms. The van der Waals surface area contributed by atoms with Crippen molar-refractivity contribution in [2.45, 2.75) is 65.7 Å². The van der Waals surface area contributed by atoms with Crippen molar-refractivity contribution in [3.05, 3.63) is 47.4 Å². The summed E-state index contributed by atoms with van der Waals surface area (Å²) in [6.45, 7) is 26.1. The molecule has 0 unspecified atom stereocenters. The van der Waals surface area contributed by atoms with Crippen LogP contribution in [0.3, 0.4) is 0 Å². The van der Waals surface area contributed by atoms with Crippen molar-refractivity contribution in [2.75, 3.05) is 19.6 Å². The molecular formula is C20H34N2OPRu. The van der Waals surface area contributed by atoms with Crippen molar-refractivity contribution in [3.63, 3.8) is 0 Å². The Morgan fingerprint density at radius 1 is 1.08 bits per heavy atom. The van der Waals surface area contributed by atoms with Crippen LogP contribution in [0.15, 0.2) is 35.4 Å². The molecule has 3 nitrogen and oxygen atoms in total. The van der Waals surface area contributed by atoms with Gasteiger partial charge in [0, 0.05) is 6.54 Å². The van der Waals surface area contributed by atoms with Crippen LogP contribution in [0.25, 0.3) is 5.32 Å². The minimum atomic E-state index is -0.260. The standard InChI is InChI=1S/C19H34N2P.CO.Ru/c1-9-21(10-2)14-16-12-11-13-17(20-16)15-22(18(3,4)5)19(6,7)8;1-2;/h11-13,15H,9-10,14H2,1-8H3;;/q-1;;+1/b17-15+;;. The molecule has 5 heteroatoms. The van der Waals surface area contributed by atoms with E-state index in [0.717, 1.165) is 25.3 Å². The fraction of sp³-hybridized carbons (Fsp3) is 0.650. The quantitative estimate of drug-likeness (QED) is 0.218. The Morgan fingerprint density at radius 3 is 1.96 bits per heavy atom. The molecule has 0 bridgehead atoms. The third-order valence-corrected chi connectivity index (χ3v) is 7.23. The van der Waals surface area contributed by atoms with Gasteiger partial charge in [0.15, 0.2) is 0 Å². The van der Waals surface area contributed by atoms with Crippen LogP contribution in [0.2, 0.25) is 0 Å². The number of hydrogen-bond donors (Lipinski definition) is 0. The summed E-state index contributed by atoms with van der Waals surface area (Å²) in [7, 11) is -0.260. The van der Waals surface area contributed by atoms with E-state index in [0.29, 0.717) is 10.3 Å². The van der Waals surface area contributed by atoms with Gasteiger partial charge < -0.3 is 10.2 Å². The Morgan fingerprint density at radius 2 is 1.56 bits per heavy atom. The summed E-state index contributed by atoms with van der Waals surface area (Å²) in [5.41, 5.74) is 2.32. The van der Waals surface area contributed by atoms with Crippen molar-refractivity contribution >= 4 is 7.92 Å². The second-order valence-electron chi connectivity index (χ2n) is 7.86. The van der Waals surface area contributed by atoms with Crippen LogP contribution in [0.1, 0.15) is 55.4 Å². The zero-order valence-corrected chi connectivity index (χ0v) is 19.7. The maximum absolute atomic E-state index is 7.50. The van der Waals surface area contributed by atoms with E-state index in [2.05, 4.69) is 91.0 Å². The van der Waals surface area contributed by atoms with Gasteiger partial charge in [-0.25, -0.2) is 0 Å². The molecule has 0 N–H and O–H groups in total. The molecule has 1 rings (SSSR count). The number of rotatable bonds is 5. The van der Waals surface area contributed by atoms with E-state index < -0.39 is 0 Å². The predicted molar refractivity (Wildman–Crippen MR) is 107 cm³/mol. The fourth-order valence-corrected chi connectivity index (χ4v) is 6.06. The molecule has 1 aliphatic rings. The first kappa shape index (κ1) is 27.0. The minimum absolute atomic E-state index is 0. The molecule has 0 aromatic heterocycles. The van der Waals surface area contributed by atoms with Crippen molar-refractivity contribution < 1.29 is 24.1 Å². The van der Waals surface area contributed by atoms with Gasteiger partial charge in [-0.2, -0.15) is 0 Å². The monoisotopic (exact) mass is 451 g/mol. The molecule has 0 spiro atoms. The van der Waals surface area contributed by atoms with Gasteiger partial charge in [-0.05, 0) is 23.4 Å². The van der Waals surface area contributed by atoms with Crippen LogP contribution >= 0.6 is 7.92 Å². The fourth-order valence-electron chi connectivity index (χ4n) is 2.86. The summed E-state index contributed by atoms with van der Waals surface area (Å²) in [4.78, 5) is 2.41. The van der Waals surface area contributed by atoms with Crippen LogP contribution < -0.4 is 0 Å². The van der Waals surface area contributed by atoms with Gasteiger partial charge in [-0.3, -0.25) is 0 Å². The first-order valence-electron chi connectivity index (χ1n) is 8.61. The van der Waals surface area contributed by atoms with Crippen LogP contribution in [-0.2, 0) is 24.1 Å². The summed E-state index contributed by atoms with van der Waals surface area (Å²) < 4.78 is 7.50. The molecule has 0 saturated carbocycles. The van der Waals surface area contributed by atoms with E-state index in [9.17, 15) is 0 Å². The zero-order chi connectivity index (χ0) is 19.0. The Hall–Kier alpha value is -0.227. The van der Waals surface area contributed by atoms with Crippen molar-refractivity contribution in [3.8, 4) is 0 Å². The third kappa shape index (κ3) is 9.88. The van der Waals surface area contributed by atoms with Crippen molar-refractivity contribution in [1.82, 2.24) is 4.90 Å². The average Bonchev–Trinajstić information content (AvgIpc) is 2.50. The Labute approximate surface area is 169 Å². The minimum Gasteiger partial charge on any atom is 1.00 e. The molecule has 0 fully saturated rings. The van der Waals surface area contributed by atoms with Crippen LogP contribution in [0.5, 0.6) is 0 Å². The van der Waals surface area contributed by atoms with Crippen LogP contribution in [0, 0.1) is 6.65 Å². The molecule has 1 heterocycles. The molecule has 0 amide bonds. The predicted octanol–water partition coefficient (Wildman–Crippen LogP) is 6.04.